The molecule has 0 atom stereocenters. The van der Waals surface area contributed by atoms with Crippen molar-refractivity contribution in [1.29, 1.82) is 0 Å². The Hall–Kier alpha value is -3.50. The summed E-state index contributed by atoms with van der Waals surface area (Å²) in [6.07, 6.45) is 2.58. The zero-order chi connectivity index (χ0) is 17.5. The van der Waals surface area contributed by atoms with Crippen molar-refractivity contribution in [3.05, 3.63) is 44.5 Å². The van der Waals surface area contributed by atoms with Crippen LogP contribution in [0, 0.1) is 10.1 Å². The molecule has 11 nitrogen and oxygen atoms in total. The van der Waals surface area contributed by atoms with E-state index in [0.29, 0.717) is 12.2 Å². The van der Waals surface area contributed by atoms with E-state index >= 15 is 0 Å². The molecule has 0 aliphatic rings. The molecule has 1 heterocycles. The van der Waals surface area contributed by atoms with Gasteiger partial charge in [0.05, 0.1) is 31.1 Å². The van der Waals surface area contributed by atoms with Gasteiger partial charge in [-0.15, -0.1) is 0 Å². The number of H-pyrrole nitrogens is 1. The van der Waals surface area contributed by atoms with Crippen molar-refractivity contribution in [1.82, 2.24) is 15.2 Å². The normalized spacial score (nSPS) is 10.6. The number of benzene rings is 1. The number of nitrogens with zero attached hydrogens (tertiary/aromatic N) is 4. The Balaban J connectivity index is 2.30. The Morgan fingerprint density at radius 1 is 1.50 bits per heavy atom. The number of hydrogen-bond acceptors (Lipinski definition) is 9. The number of ether oxygens (including phenoxy) is 2. The minimum atomic E-state index is -0.631. The van der Waals surface area contributed by atoms with E-state index < -0.39 is 10.6 Å². The number of hydrazone groups is 1. The lowest BCUT2D eigenvalue weighted by molar-refractivity contribution is -0.385. The Bertz CT molecular complexity index is 819. The molecule has 1 aromatic carbocycles. The fourth-order valence-electron chi connectivity index (χ4n) is 1.82. The second-order valence-electron chi connectivity index (χ2n) is 4.30. The smallest absolute Gasteiger partial charge is 0.363 e. The largest absolute Gasteiger partial charge is 0.490 e. The van der Waals surface area contributed by atoms with Gasteiger partial charge < -0.3 is 9.47 Å². The third kappa shape index (κ3) is 4.03. The highest BCUT2D eigenvalue weighted by atomic mass is 16.6. The molecular formula is C13H14N6O5. The van der Waals surface area contributed by atoms with Gasteiger partial charge in [-0.3, -0.25) is 15.5 Å². The molecule has 0 saturated heterocycles. The van der Waals surface area contributed by atoms with Crippen LogP contribution >= 0.6 is 0 Å². The van der Waals surface area contributed by atoms with Crippen LogP contribution < -0.4 is 20.6 Å². The fourth-order valence-corrected chi connectivity index (χ4v) is 1.82. The first-order valence-electron chi connectivity index (χ1n) is 6.75. The average Bonchev–Trinajstić information content (AvgIpc) is 2.55. The summed E-state index contributed by atoms with van der Waals surface area (Å²) >= 11 is 0. The van der Waals surface area contributed by atoms with Gasteiger partial charge in [0, 0.05) is 11.6 Å². The standard InChI is InChI=1S/C13H14N6O5/c1-3-24-10-5-8(4-9(19(21)22)12(10)23-2)6-14-17-11-7-15-18-13(20)16-11/h4-7H,3H2,1-2H3,(H2,16,17,18,20)/b14-6+. The quantitative estimate of drug-likeness (QED) is 0.432. The first-order valence-corrected chi connectivity index (χ1v) is 6.75. The van der Waals surface area contributed by atoms with Crippen molar-refractivity contribution in [3.63, 3.8) is 0 Å². The van der Waals surface area contributed by atoms with E-state index in [-0.39, 0.29) is 23.0 Å². The van der Waals surface area contributed by atoms with Gasteiger partial charge in [0.25, 0.3) is 0 Å². The zero-order valence-electron chi connectivity index (χ0n) is 12.8. The van der Waals surface area contributed by atoms with E-state index in [0.717, 1.165) is 0 Å². The highest BCUT2D eigenvalue weighted by Gasteiger charge is 2.21. The van der Waals surface area contributed by atoms with Crippen LogP contribution in [0.4, 0.5) is 11.5 Å². The predicted octanol–water partition coefficient (Wildman–Crippen LogP) is 0.926. The van der Waals surface area contributed by atoms with Gasteiger partial charge in [-0.25, -0.2) is 9.89 Å². The van der Waals surface area contributed by atoms with Gasteiger partial charge in [0.1, 0.15) is 0 Å². The molecule has 2 rings (SSSR count). The molecule has 0 bridgehead atoms. The number of methoxy groups -OCH3 is 1. The van der Waals surface area contributed by atoms with Crippen LogP contribution in [0.5, 0.6) is 11.5 Å². The number of aromatic nitrogens is 3. The number of hydrogen-bond donors (Lipinski definition) is 2. The molecule has 0 radical (unpaired) electrons. The van der Waals surface area contributed by atoms with Gasteiger partial charge >= 0.3 is 11.4 Å². The van der Waals surface area contributed by atoms with E-state index in [9.17, 15) is 14.9 Å². The number of rotatable bonds is 7. The third-order valence-corrected chi connectivity index (χ3v) is 2.72. The summed E-state index contributed by atoms with van der Waals surface area (Å²) in [6, 6.07) is 2.83. The van der Waals surface area contributed by atoms with Crippen molar-refractivity contribution in [2.45, 2.75) is 6.92 Å². The Morgan fingerprint density at radius 3 is 2.92 bits per heavy atom. The summed E-state index contributed by atoms with van der Waals surface area (Å²) in [5.41, 5.74) is 2.02. The summed E-state index contributed by atoms with van der Waals surface area (Å²) in [5.74, 6) is 0.391. The molecule has 0 amide bonds. The zero-order valence-corrected chi connectivity index (χ0v) is 12.8. The molecule has 1 aromatic heterocycles. The van der Waals surface area contributed by atoms with Crippen LogP contribution in [-0.2, 0) is 0 Å². The van der Waals surface area contributed by atoms with Crippen LogP contribution in [0.3, 0.4) is 0 Å². The molecule has 126 valence electrons. The minimum Gasteiger partial charge on any atom is -0.490 e. The summed E-state index contributed by atoms with van der Waals surface area (Å²) in [5, 5.41) is 20.7. The Kier molecular flexibility index (Phi) is 5.39. The van der Waals surface area contributed by atoms with Crippen molar-refractivity contribution in [3.8, 4) is 11.5 Å². The van der Waals surface area contributed by atoms with Crippen molar-refractivity contribution >= 4 is 17.7 Å². The molecule has 2 aromatic rings. The third-order valence-electron chi connectivity index (χ3n) is 2.72. The van der Waals surface area contributed by atoms with Crippen LogP contribution in [-0.4, -0.2) is 40.0 Å². The van der Waals surface area contributed by atoms with Crippen LogP contribution in [0.1, 0.15) is 12.5 Å². The second kappa shape index (κ2) is 7.67. The maximum Gasteiger partial charge on any atom is 0.363 e. The number of anilines is 1. The van der Waals surface area contributed by atoms with E-state index in [2.05, 4.69) is 25.7 Å². The van der Waals surface area contributed by atoms with Crippen molar-refractivity contribution < 1.29 is 14.4 Å². The molecule has 24 heavy (non-hydrogen) atoms. The van der Waals surface area contributed by atoms with E-state index in [1.807, 2.05) is 0 Å². The van der Waals surface area contributed by atoms with Gasteiger partial charge in [-0.2, -0.15) is 15.2 Å². The molecule has 0 aliphatic carbocycles. The second-order valence-corrected chi connectivity index (χ2v) is 4.30. The van der Waals surface area contributed by atoms with E-state index in [4.69, 9.17) is 9.47 Å². The lowest BCUT2D eigenvalue weighted by Crippen LogP contribution is -2.13. The maximum absolute atomic E-state index is 11.2. The first-order chi connectivity index (χ1) is 11.5. The van der Waals surface area contributed by atoms with Crippen LogP contribution in [0.15, 0.2) is 28.2 Å². The SMILES string of the molecule is CCOc1cc(/C=N/Nc2cn[nH]c(=O)n2)cc([N+](=O)[O-])c1OC. The van der Waals surface area contributed by atoms with Crippen LogP contribution in [0.2, 0.25) is 0 Å². The summed E-state index contributed by atoms with van der Waals surface area (Å²) in [7, 11) is 1.33. The molecule has 0 saturated carbocycles. The summed E-state index contributed by atoms with van der Waals surface area (Å²) in [4.78, 5) is 25.2. The summed E-state index contributed by atoms with van der Waals surface area (Å²) < 4.78 is 10.4. The maximum atomic E-state index is 11.2. The van der Waals surface area contributed by atoms with Gasteiger partial charge in [0.15, 0.2) is 11.6 Å². The molecule has 0 spiro atoms. The molecule has 2 N–H and O–H groups in total. The average molecular weight is 334 g/mol. The molecular weight excluding hydrogens is 320 g/mol. The van der Waals surface area contributed by atoms with Gasteiger partial charge in [0.2, 0.25) is 5.75 Å². The Morgan fingerprint density at radius 2 is 2.29 bits per heavy atom. The highest BCUT2D eigenvalue weighted by Crippen LogP contribution is 2.37. The molecule has 0 unspecified atom stereocenters. The first kappa shape index (κ1) is 16.9. The van der Waals surface area contributed by atoms with Gasteiger partial charge in [-0.1, -0.05) is 0 Å². The Labute approximate surface area is 135 Å². The van der Waals surface area contributed by atoms with Gasteiger partial charge in [-0.05, 0) is 13.0 Å². The molecule has 0 aliphatic heterocycles. The van der Waals surface area contributed by atoms with Crippen LogP contribution in [0.25, 0.3) is 0 Å². The van der Waals surface area contributed by atoms with E-state index in [1.54, 1.807) is 13.0 Å². The topological polar surface area (TPSA) is 145 Å². The molecule has 0 fully saturated rings. The number of aromatic amines is 1. The number of nitro benzene ring substituents is 1. The lowest BCUT2D eigenvalue weighted by atomic mass is 10.2. The highest BCUT2D eigenvalue weighted by molar-refractivity contribution is 5.83. The van der Waals surface area contributed by atoms with E-state index in [1.165, 1.54) is 25.6 Å². The number of nitro groups is 1. The predicted molar refractivity (Wildman–Crippen MR) is 84.7 cm³/mol. The summed E-state index contributed by atoms with van der Waals surface area (Å²) in [6.45, 7) is 2.06. The van der Waals surface area contributed by atoms with Crippen molar-refractivity contribution in [2.24, 2.45) is 5.10 Å². The number of nitrogens with one attached hydrogen (secondary N) is 2. The molecule has 11 heteroatoms. The lowest BCUT2D eigenvalue weighted by Gasteiger charge is -2.10. The monoisotopic (exact) mass is 334 g/mol. The minimum absolute atomic E-state index is 0.0346. The fraction of sp³-hybridized carbons (Fsp3) is 0.231. The van der Waals surface area contributed by atoms with Crippen molar-refractivity contribution in [2.75, 3.05) is 19.1 Å².